The molecule has 0 aliphatic heterocycles. The lowest BCUT2D eigenvalue weighted by molar-refractivity contribution is 0.483. The van der Waals surface area contributed by atoms with E-state index in [0.717, 1.165) is 55.6 Å². The van der Waals surface area contributed by atoms with Gasteiger partial charge in [-0.1, -0.05) is 121 Å². The third-order valence-corrected chi connectivity index (χ3v) is 9.19. The number of benzene rings is 7. The van der Waals surface area contributed by atoms with Gasteiger partial charge in [0.2, 0.25) is 5.95 Å². The van der Waals surface area contributed by atoms with Crippen LogP contribution in [-0.4, -0.2) is 14.5 Å². The van der Waals surface area contributed by atoms with Gasteiger partial charge in [0.1, 0.15) is 11.5 Å². The first-order valence-corrected chi connectivity index (χ1v) is 16.7. The van der Waals surface area contributed by atoms with Gasteiger partial charge in [-0.2, -0.15) is 0 Å². The van der Waals surface area contributed by atoms with Gasteiger partial charge in [-0.25, -0.2) is 9.97 Å². The zero-order chi connectivity index (χ0) is 33.3. The Morgan fingerprint density at radius 3 is 1.58 bits per heavy atom. The molecule has 0 unspecified atom stereocenters. The van der Waals surface area contributed by atoms with Crippen LogP contribution in [0.4, 0.5) is 0 Å². The van der Waals surface area contributed by atoms with Crippen LogP contribution in [0, 0.1) is 0 Å². The van der Waals surface area contributed by atoms with Crippen molar-refractivity contribution >= 4 is 21.8 Å². The van der Waals surface area contributed by atoms with Crippen molar-refractivity contribution in [1.82, 2.24) is 14.5 Å². The molecule has 2 aromatic heterocycles. The van der Waals surface area contributed by atoms with E-state index in [0.29, 0.717) is 5.95 Å². The Balaban J connectivity index is 1.08. The fourth-order valence-corrected chi connectivity index (χ4v) is 6.74. The van der Waals surface area contributed by atoms with Gasteiger partial charge < -0.3 is 4.74 Å². The first-order chi connectivity index (χ1) is 24.8. The Labute approximate surface area is 290 Å². The third-order valence-electron chi connectivity index (χ3n) is 9.19. The first-order valence-electron chi connectivity index (χ1n) is 16.7. The fraction of sp³-hybridized carbons (Fsp3) is 0. The number of hydrogen-bond donors (Lipinski definition) is 0. The first kappa shape index (κ1) is 29.4. The Hall–Kier alpha value is -6.78. The van der Waals surface area contributed by atoms with Gasteiger partial charge in [-0.3, -0.25) is 4.57 Å². The zero-order valence-corrected chi connectivity index (χ0v) is 27.1. The zero-order valence-electron chi connectivity index (χ0n) is 27.1. The van der Waals surface area contributed by atoms with Crippen LogP contribution in [0.15, 0.2) is 188 Å². The summed E-state index contributed by atoms with van der Waals surface area (Å²) in [6, 6.07) is 61.3. The largest absolute Gasteiger partial charge is 0.457 e. The molecule has 0 atom stereocenters. The highest BCUT2D eigenvalue weighted by Crippen LogP contribution is 2.38. The molecule has 7 aromatic carbocycles. The summed E-state index contributed by atoms with van der Waals surface area (Å²) in [5.41, 5.74) is 11.4. The van der Waals surface area contributed by atoms with E-state index in [1.807, 2.05) is 36.4 Å². The average molecular weight is 642 g/mol. The average Bonchev–Trinajstić information content (AvgIpc) is 3.52. The molecule has 0 spiro atoms. The predicted octanol–water partition coefficient (Wildman–Crippen LogP) is 12.0. The van der Waals surface area contributed by atoms with Crippen molar-refractivity contribution in [2.45, 2.75) is 0 Å². The minimum atomic E-state index is 0.616. The molecular weight excluding hydrogens is 611 g/mol. The highest BCUT2D eigenvalue weighted by molar-refractivity contribution is 6.10. The molecule has 236 valence electrons. The van der Waals surface area contributed by atoms with Crippen LogP contribution in [0.25, 0.3) is 72.3 Å². The summed E-state index contributed by atoms with van der Waals surface area (Å²) >= 11 is 0. The number of rotatable bonds is 7. The van der Waals surface area contributed by atoms with Gasteiger partial charge in [-0.15, -0.1) is 0 Å². The van der Waals surface area contributed by atoms with Crippen molar-refractivity contribution in [2.75, 3.05) is 0 Å². The van der Waals surface area contributed by atoms with Crippen molar-refractivity contribution < 1.29 is 4.74 Å². The van der Waals surface area contributed by atoms with E-state index >= 15 is 0 Å². The molecule has 0 N–H and O–H groups in total. The molecule has 9 rings (SSSR count). The van der Waals surface area contributed by atoms with Crippen LogP contribution in [-0.2, 0) is 0 Å². The molecular formula is C46H31N3O. The minimum Gasteiger partial charge on any atom is -0.457 e. The van der Waals surface area contributed by atoms with Gasteiger partial charge in [0.05, 0.1) is 11.0 Å². The molecule has 0 amide bonds. The van der Waals surface area contributed by atoms with Crippen molar-refractivity contribution in [1.29, 1.82) is 0 Å². The van der Waals surface area contributed by atoms with Gasteiger partial charge in [0, 0.05) is 29.2 Å². The van der Waals surface area contributed by atoms with Gasteiger partial charge in [-0.05, 0) is 93.0 Å². The van der Waals surface area contributed by atoms with E-state index < -0.39 is 0 Å². The maximum atomic E-state index is 6.54. The Kier molecular flexibility index (Phi) is 7.45. The minimum absolute atomic E-state index is 0.616. The van der Waals surface area contributed by atoms with Crippen molar-refractivity contribution in [2.24, 2.45) is 0 Å². The lowest BCUT2D eigenvalue weighted by Gasteiger charge is -2.10. The quantitative estimate of drug-likeness (QED) is 0.174. The molecule has 2 heterocycles. The number of aromatic nitrogens is 3. The number of hydrogen-bond acceptors (Lipinski definition) is 3. The Bertz CT molecular complexity index is 2590. The van der Waals surface area contributed by atoms with E-state index in [1.54, 1.807) is 12.4 Å². The summed E-state index contributed by atoms with van der Waals surface area (Å²) in [6.07, 6.45) is 3.56. The SMILES string of the molecule is c1ccc(-c2ccc(-c3ccc4c(c3)c3ccc(Oc5cccc(-c6cccc(-c7ccccc7)c6)c5)cc3n4-c3ncccn3)cc2)cc1. The molecule has 0 aliphatic carbocycles. The molecule has 0 saturated heterocycles. The standard InChI is InChI=1S/C46H31N3O/c1-3-10-32(11-4-1)34-18-20-35(21-19-34)39-22-25-44-43(30-39)42-24-23-41(31-45(42)49(44)46-47-26-9-27-48-46)50-40-17-8-16-38(29-40)37-15-7-14-36(28-37)33-12-5-2-6-13-33/h1-31H. The van der Waals surface area contributed by atoms with E-state index in [9.17, 15) is 0 Å². The van der Waals surface area contributed by atoms with E-state index in [2.05, 4.69) is 154 Å². The van der Waals surface area contributed by atoms with Crippen LogP contribution in [0.1, 0.15) is 0 Å². The molecule has 0 saturated carbocycles. The summed E-state index contributed by atoms with van der Waals surface area (Å²) in [4.78, 5) is 9.28. The molecule has 0 radical (unpaired) electrons. The predicted molar refractivity (Wildman–Crippen MR) is 205 cm³/mol. The smallest absolute Gasteiger partial charge is 0.234 e. The second kappa shape index (κ2) is 12.7. The summed E-state index contributed by atoms with van der Waals surface area (Å²) in [5.74, 6) is 2.13. The number of nitrogens with zero attached hydrogens (tertiary/aromatic N) is 3. The van der Waals surface area contributed by atoms with Gasteiger partial charge in [0.15, 0.2) is 0 Å². The Morgan fingerprint density at radius 2 is 0.860 bits per heavy atom. The lowest BCUT2D eigenvalue weighted by atomic mass is 9.99. The topological polar surface area (TPSA) is 39.9 Å². The molecule has 0 fully saturated rings. The molecule has 0 aliphatic rings. The molecule has 9 aromatic rings. The third kappa shape index (κ3) is 5.59. The highest BCUT2D eigenvalue weighted by Gasteiger charge is 2.16. The van der Waals surface area contributed by atoms with Crippen LogP contribution in [0.3, 0.4) is 0 Å². The molecule has 4 heteroatoms. The fourth-order valence-electron chi connectivity index (χ4n) is 6.74. The summed E-state index contributed by atoms with van der Waals surface area (Å²) in [5, 5.41) is 2.23. The summed E-state index contributed by atoms with van der Waals surface area (Å²) in [7, 11) is 0. The molecule has 4 nitrogen and oxygen atoms in total. The van der Waals surface area contributed by atoms with E-state index in [1.165, 1.54) is 22.3 Å². The maximum Gasteiger partial charge on any atom is 0.234 e. The van der Waals surface area contributed by atoms with Gasteiger partial charge >= 0.3 is 0 Å². The lowest BCUT2D eigenvalue weighted by Crippen LogP contribution is -1.99. The summed E-state index contributed by atoms with van der Waals surface area (Å²) < 4.78 is 8.65. The second-order valence-electron chi connectivity index (χ2n) is 12.3. The van der Waals surface area contributed by atoms with Crippen LogP contribution in [0.2, 0.25) is 0 Å². The van der Waals surface area contributed by atoms with Gasteiger partial charge in [0.25, 0.3) is 0 Å². The van der Waals surface area contributed by atoms with Crippen LogP contribution >= 0.6 is 0 Å². The van der Waals surface area contributed by atoms with Crippen molar-refractivity contribution in [3.05, 3.63) is 188 Å². The Morgan fingerprint density at radius 1 is 0.340 bits per heavy atom. The van der Waals surface area contributed by atoms with Crippen LogP contribution < -0.4 is 4.74 Å². The number of ether oxygens (including phenoxy) is 1. The maximum absolute atomic E-state index is 6.54. The monoisotopic (exact) mass is 641 g/mol. The second-order valence-corrected chi connectivity index (χ2v) is 12.3. The molecule has 50 heavy (non-hydrogen) atoms. The highest BCUT2D eigenvalue weighted by atomic mass is 16.5. The van der Waals surface area contributed by atoms with Crippen molar-refractivity contribution in [3.63, 3.8) is 0 Å². The van der Waals surface area contributed by atoms with Crippen molar-refractivity contribution in [3.8, 4) is 62.0 Å². The molecule has 0 bridgehead atoms. The van der Waals surface area contributed by atoms with E-state index in [-0.39, 0.29) is 0 Å². The summed E-state index contributed by atoms with van der Waals surface area (Å²) in [6.45, 7) is 0. The van der Waals surface area contributed by atoms with E-state index in [4.69, 9.17) is 4.74 Å². The van der Waals surface area contributed by atoms with Crippen LogP contribution in [0.5, 0.6) is 11.5 Å². The normalized spacial score (nSPS) is 11.2. The number of fused-ring (bicyclic) bond motifs is 3.